The summed E-state index contributed by atoms with van der Waals surface area (Å²) in [5.41, 5.74) is -9.42. The molecule has 4 unspecified atom stereocenters. The number of carbonyl (C=O) groups excluding carboxylic acids is 4. The SMILES string of the molecule is CCCCCCCCC(O)C(O)CCCCCCCCC(O)(C(C)=O)C(O)(C(C)=O)C(O)(C(C)=O)C(C)=O. The highest BCUT2D eigenvalue weighted by molar-refractivity contribution is 6.16. The summed E-state index contributed by atoms with van der Waals surface area (Å²) in [5.74, 6) is -4.80. The van der Waals surface area contributed by atoms with Gasteiger partial charge in [0.1, 0.15) is 0 Å². The zero-order valence-electron chi connectivity index (χ0n) is 24.1. The highest BCUT2D eigenvalue weighted by atomic mass is 16.4. The van der Waals surface area contributed by atoms with E-state index < -0.39 is 58.6 Å². The van der Waals surface area contributed by atoms with Crippen LogP contribution in [0.1, 0.15) is 131 Å². The Hall–Kier alpha value is -1.52. The van der Waals surface area contributed by atoms with Crippen molar-refractivity contribution in [2.24, 2.45) is 0 Å². The number of ketones is 4. The van der Waals surface area contributed by atoms with E-state index in [9.17, 15) is 44.7 Å². The molecule has 0 aromatic rings. The molecule has 9 heteroatoms. The second kappa shape index (κ2) is 17.2. The minimum Gasteiger partial charge on any atom is -0.390 e. The number of carbonyl (C=O) groups is 4. The predicted molar refractivity (Wildman–Crippen MR) is 145 cm³/mol. The van der Waals surface area contributed by atoms with Crippen molar-refractivity contribution in [2.75, 3.05) is 0 Å². The van der Waals surface area contributed by atoms with Gasteiger partial charge in [-0.15, -0.1) is 0 Å². The summed E-state index contributed by atoms with van der Waals surface area (Å²) in [4.78, 5) is 49.2. The standard InChI is InChI=1S/C29H52O9/c1-6-7-8-9-12-15-18-25(34)26(35)19-16-13-10-11-14-17-20-27(36,21(2)30)29(38,24(5)33)28(37,22(3)31)23(4)32/h25-26,34-38H,6-20H2,1-5H3. The summed E-state index contributed by atoms with van der Waals surface area (Å²) in [6.45, 7) is 5.52. The Morgan fingerprint density at radius 3 is 1.26 bits per heavy atom. The van der Waals surface area contributed by atoms with Crippen LogP contribution >= 0.6 is 0 Å². The van der Waals surface area contributed by atoms with Crippen molar-refractivity contribution in [1.82, 2.24) is 0 Å². The maximum atomic E-state index is 12.4. The van der Waals surface area contributed by atoms with Crippen molar-refractivity contribution in [1.29, 1.82) is 0 Å². The molecule has 0 saturated carbocycles. The first kappa shape index (κ1) is 36.5. The molecule has 38 heavy (non-hydrogen) atoms. The average Bonchev–Trinajstić information content (AvgIpc) is 2.85. The number of aliphatic hydroxyl groups excluding tert-OH is 2. The Bertz CT molecular complexity index is 751. The van der Waals surface area contributed by atoms with Gasteiger partial charge in [-0.05, 0) is 53.4 Å². The van der Waals surface area contributed by atoms with E-state index in [-0.39, 0.29) is 6.42 Å². The molecule has 0 spiro atoms. The summed E-state index contributed by atoms with van der Waals surface area (Å²) in [7, 11) is 0. The molecule has 0 radical (unpaired) electrons. The molecule has 4 atom stereocenters. The molecule has 0 saturated heterocycles. The first-order chi connectivity index (χ1) is 17.6. The Morgan fingerprint density at radius 1 is 0.553 bits per heavy atom. The van der Waals surface area contributed by atoms with Gasteiger partial charge in [0.2, 0.25) is 11.2 Å². The van der Waals surface area contributed by atoms with Crippen LogP contribution in [-0.4, -0.2) is 77.7 Å². The third-order valence-corrected chi connectivity index (χ3v) is 7.82. The van der Waals surface area contributed by atoms with E-state index in [0.29, 0.717) is 25.7 Å². The van der Waals surface area contributed by atoms with Crippen LogP contribution < -0.4 is 0 Å². The second-order valence-corrected chi connectivity index (χ2v) is 10.9. The third-order valence-electron chi connectivity index (χ3n) is 7.82. The van der Waals surface area contributed by atoms with Gasteiger partial charge in [0, 0.05) is 0 Å². The predicted octanol–water partition coefficient (Wildman–Crippen LogP) is 3.13. The monoisotopic (exact) mass is 544 g/mol. The number of unbranched alkanes of at least 4 members (excludes halogenated alkanes) is 10. The van der Waals surface area contributed by atoms with E-state index in [2.05, 4.69) is 6.92 Å². The van der Waals surface area contributed by atoms with Crippen molar-refractivity contribution in [3.05, 3.63) is 0 Å². The van der Waals surface area contributed by atoms with Crippen molar-refractivity contribution in [2.45, 2.75) is 160 Å². The number of hydrogen-bond acceptors (Lipinski definition) is 9. The number of Topliss-reactive ketones (excluding diaryl/α,β-unsaturated/α-hetero) is 4. The van der Waals surface area contributed by atoms with Crippen LogP contribution in [0.25, 0.3) is 0 Å². The molecule has 0 amide bonds. The van der Waals surface area contributed by atoms with E-state index in [1.807, 2.05) is 0 Å². The fourth-order valence-corrected chi connectivity index (χ4v) is 5.17. The maximum absolute atomic E-state index is 12.4. The quantitative estimate of drug-likeness (QED) is 0.0958. The van der Waals surface area contributed by atoms with Gasteiger partial charge in [0.05, 0.1) is 12.2 Å². The van der Waals surface area contributed by atoms with Crippen LogP contribution in [0.5, 0.6) is 0 Å². The molecular formula is C29H52O9. The maximum Gasteiger partial charge on any atom is 0.220 e. The molecule has 0 aromatic heterocycles. The fourth-order valence-electron chi connectivity index (χ4n) is 5.17. The highest BCUT2D eigenvalue weighted by Crippen LogP contribution is 2.40. The molecule has 0 aliphatic heterocycles. The summed E-state index contributed by atoms with van der Waals surface area (Å²) in [5, 5.41) is 53.4. The van der Waals surface area contributed by atoms with Crippen molar-refractivity contribution >= 4 is 23.1 Å². The van der Waals surface area contributed by atoms with Gasteiger partial charge in [0.15, 0.2) is 28.7 Å². The van der Waals surface area contributed by atoms with Crippen LogP contribution in [0.2, 0.25) is 0 Å². The second-order valence-electron chi connectivity index (χ2n) is 10.9. The van der Waals surface area contributed by atoms with Gasteiger partial charge in [-0.3, -0.25) is 19.2 Å². The van der Waals surface area contributed by atoms with Gasteiger partial charge in [0.25, 0.3) is 0 Å². The number of hydrogen-bond donors (Lipinski definition) is 5. The van der Waals surface area contributed by atoms with Gasteiger partial charge in [-0.2, -0.15) is 0 Å². The lowest BCUT2D eigenvalue weighted by atomic mass is 9.62. The Kier molecular flexibility index (Phi) is 16.5. The van der Waals surface area contributed by atoms with Crippen LogP contribution in [0.4, 0.5) is 0 Å². The topological polar surface area (TPSA) is 169 Å². The molecule has 222 valence electrons. The smallest absolute Gasteiger partial charge is 0.220 e. The van der Waals surface area contributed by atoms with Crippen molar-refractivity contribution < 1.29 is 44.7 Å². The molecular weight excluding hydrogens is 492 g/mol. The van der Waals surface area contributed by atoms with Gasteiger partial charge >= 0.3 is 0 Å². The van der Waals surface area contributed by atoms with Gasteiger partial charge in [-0.25, -0.2) is 0 Å². The van der Waals surface area contributed by atoms with Crippen LogP contribution in [0, 0.1) is 0 Å². The molecule has 5 N–H and O–H groups in total. The Morgan fingerprint density at radius 2 is 0.921 bits per heavy atom. The van der Waals surface area contributed by atoms with Gasteiger partial charge < -0.3 is 25.5 Å². The molecule has 0 aromatic carbocycles. The molecule has 0 fully saturated rings. The Balaban J connectivity index is 4.71. The summed E-state index contributed by atoms with van der Waals surface area (Å²) < 4.78 is 0. The molecule has 0 rings (SSSR count). The molecule has 0 aliphatic rings. The van der Waals surface area contributed by atoms with E-state index >= 15 is 0 Å². The van der Waals surface area contributed by atoms with E-state index in [0.717, 1.165) is 66.2 Å². The largest absolute Gasteiger partial charge is 0.390 e. The average molecular weight is 545 g/mol. The molecule has 0 aliphatic carbocycles. The highest BCUT2D eigenvalue weighted by Gasteiger charge is 2.70. The Labute approximate surface area is 228 Å². The zero-order valence-corrected chi connectivity index (χ0v) is 24.1. The summed E-state index contributed by atoms with van der Waals surface area (Å²) >= 11 is 0. The summed E-state index contributed by atoms with van der Waals surface area (Å²) in [6.07, 6.45) is 9.72. The third kappa shape index (κ3) is 9.30. The van der Waals surface area contributed by atoms with E-state index in [1.54, 1.807) is 0 Å². The summed E-state index contributed by atoms with van der Waals surface area (Å²) in [6, 6.07) is 0. The van der Waals surface area contributed by atoms with Crippen LogP contribution in [0.3, 0.4) is 0 Å². The number of rotatable bonds is 23. The van der Waals surface area contributed by atoms with Gasteiger partial charge in [-0.1, -0.05) is 77.6 Å². The minimum atomic E-state index is -3.32. The molecule has 0 heterocycles. The van der Waals surface area contributed by atoms with Crippen molar-refractivity contribution in [3.8, 4) is 0 Å². The van der Waals surface area contributed by atoms with E-state index in [4.69, 9.17) is 0 Å². The number of aliphatic hydroxyl groups is 5. The molecule has 9 nitrogen and oxygen atoms in total. The van der Waals surface area contributed by atoms with Crippen LogP contribution in [-0.2, 0) is 19.2 Å². The zero-order chi connectivity index (χ0) is 29.6. The molecule has 0 bridgehead atoms. The lowest BCUT2D eigenvalue weighted by Gasteiger charge is -2.47. The fraction of sp³-hybridized carbons (Fsp3) is 0.862. The van der Waals surface area contributed by atoms with E-state index in [1.165, 1.54) is 19.3 Å². The van der Waals surface area contributed by atoms with Crippen molar-refractivity contribution in [3.63, 3.8) is 0 Å². The normalized spacial score (nSPS) is 16.8. The lowest BCUT2D eigenvalue weighted by molar-refractivity contribution is -0.227. The lowest BCUT2D eigenvalue weighted by Crippen LogP contribution is -2.77. The first-order valence-electron chi connectivity index (χ1n) is 14.2. The minimum absolute atomic E-state index is 0.192. The first-order valence-corrected chi connectivity index (χ1v) is 14.2. The van der Waals surface area contributed by atoms with Crippen LogP contribution in [0.15, 0.2) is 0 Å².